The van der Waals surface area contributed by atoms with E-state index in [1.54, 1.807) is 7.05 Å². The summed E-state index contributed by atoms with van der Waals surface area (Å²) in [4.78, 5) is 22.9. The molecule has 4 rings (SSSR count). The number of nitrogens with zero attached hydrogens (tertiary/aromatic N) is 4. The van der Waals surface area contributed by atoms with Crippen LogP contribution in [0.15, 0.2) is 12.5 Å². The number of rotatable bonds is 3. The van der Waals surface area contributed by atoms with Gasteiger partial charge in [-0.1, -0.05) is 0 Å². The van der Waals surface area contributed by atoms with Crippen LogP contribution in [0, 0.1) is 6.92 Å². The molecule has 0 saturated carbocycles. The van der Waals surface area contributed by atoms with Gasteiger partial charge in [0, 0.05) is 19.8 Å². The number of hydrogen-bond acceptors (Lipinski definition) is 8. The summed E-state index contributed by atoms with van der Waals surface area (Å²) >= 11 is 0. The van der Waals surface area contributed by atoms with Crippen LogP contribution in [0.1, 0.15) is 46.4 Å². The second kappa shape index (κ2) is 7.40. The summed E-state index contributed by atoms with van der Waals surface area (Å²) in [7, 11) is 1.63. The number of fused-ring (bicyclic) bond motifs is 2. The quantitative estimate of drug-likeness (QED) is 0.785. The third-order valence-corrected chi connectivity index (χ3v) is 5.40. The Morgan fingerprint density at radius 3 is 2.61 bits per heavy atom. The van der Waals surface area contributed by atoms with E-state index in [2.05, 4.69) is 9.97 Å². The maximum Gasteiger partial charge on any atom is 0.415 e. The van der Waals surface area contributed by atoms with Gasteiger partial charge in [0.1, 0.15) is 35.9 Å². The van der Waals surface area contributed by atoms with E-state index in [4.69, 9.17) is 24.7 Å². The maximum absolute atomic E-state index is 12.6. The lowest BCUT2D eigenvalue weighted by molar-refractivity contribution is -0.195. The topological polar surface area (TPSA) is 114 Å². The van der Waals surface area contributed by atoms with Crippen LogP contribution in [0.3, 0.4) is 0 Å². The van der Waals surface area contributed by atoms with Crippen molar-refractivity contribution < 1.29 is 23.7 Å². The molecule has 4 atom stereocenters. The van der Waals surface area contributed by atoms with E-state index in [1.807, 2.05) is 52.3 Å². The van der Waals surface area contributed by atoms with E-state index in [0.29, 0.717) is 18.0 Å². The standard InChI is InChI=1S/C21H31N5O5/c1-11-9-26(18-15-14(12(8-22)28-18)29-21(5,6)30-15)17-13(11)16(23-10-24-17)25(7)19(27)31-20(2,3)4/h9-10,12,14-15,18H,8,22H2,1-7H3/t12-,14-,15-,18-/m1/s1. The number of anilines is 1. The predicted molar refractivity (Wildman–Crippen MR) is 114 cm³/mol. The van der Waals surface area contributed by atoms with E-state index in [0.717, 1.165) is 10.9 Å². The number of aromatic nitrogens is 3. The summed E-state index contributed by atoms with van der Waals surface area (Å²) in [6, 6.07) is 0. The van der Waals surface area contributed by atoms with Crippen LogP contribution in [0.5, 0.6) is 0 Å². The molecule has 170 valence electrons. The van der Waals surface area contributed by atoms with Crippen molar-refractivity contribution in [1.29, 1.82) is 0 Å². The molecule has 0 aromatic carbocycles. The predicted octanol–water partition coefficient (Wildman–Crippen LogP) is 2.49. The summed E-state index contributed by atoms with van der Waals surface area (Å²) in [5.41, 5.74) is 6.85. The van der Waals surface area contributed by atoms with Crippen molar-refractivity contribution >= 4 is 22.9 Å². The average molecular weight is 434 g/mol. The van der Waals surface area contributed by atoms with Gasteiger partial charge in [0.15, 0.2) is 17.8 Å². The fourth-order valence-electron chi connectivity index (χ4n) is 4.19. The van der Waals surface area contributed by atoms with Crippen LogP contribution in [0.2, 0.25) is 0 Å². The molecule has 0 unspecified atom stereocenters. The van der Waals surface area contributed by atoms with Gasteiger partial charge in [-0.3, -0.25) is 4.90 Å². The first kappa shape index (κ1) is 21.9. The highest BCUT2D eigenvalue weighted by atomic mass is 16.8. The van der Waals surface area contributed by atoms with E-state index >= 15 is 0 Å². The Morgan fingerprint density at radius 2 is 1.97 bits per heavy atom. The lowest BCUT2D eigenvalue weighted by Crippen LogP contribution is -2.34. The molecule has 2 aromatic rings. The second-order valence-corrected chi connectivity index (χ2v) is 9.52. The highest BCUT2D eigenvalue weighted by Crippen LogP contribution is 2.44. The molecular formula is C21H31N5O5. The summed E-state index contributed by atoms with van der Waals surface area (Å²) in [5, 5.41) is 0.741. The molecule has 0 aliphatic carbocycles. The number of carbonyl (C=O) groups excluding carboxylic acids is 1. The van der Waals surface area contributed by atoms with Gasteiger partial charge in [0.05, 0.1) is 5.39 Å². The largest absolute Gasteiger partial charge is 0.443 e. The van der Waals surface area contributed by atoms with Crippen molar-refractivity contribution in [2.24, 2.45) is 5.73 Å². The Bertz CT molecular complexity index is 998. The van der Waals surface area contributed by atoms with Crippen LogP contribution in [-0.2, 0) is 18.9 Å². The smallest absolute Gasteiger partial charge is 0.415 e. The second-order valence-electron chi connectivity index (χ2n) is 9.52. The first-order chi connectivity index (χ1) is 14.4. The van der Waals surface area contributed by atoms with Crippen LogP contribution >= 0.6 is 0 Å². The van der Waals surface area contributed by atoms with Gasteiger partial charge in [-0.25, -0.2) is 14.8 Å². The Hall–Kier alpha value is -2.27. The van der Waals surface area contributed by atoms with Gasteiger partial charge >= 0.3 is 6.09 Å². The van der Waals surface area contributed by atoms with Gasteiger partial charge in [-0.05, 0) is 47.1 Å². The number of hydrogen-bond donors (Lipinski definition) is 1. The lowest BCUT2D eigenvalue weighted by Gasteiger charge is -2.25. The molecule has 2 aromatic heterocycles. The minimum absolute atomic E-state index is 0.270. The molecule has 0 spiro atoms. The van der Waals surface area contributed by atoms with E-state index in [9.17, 15) is 4.79 Å². The monoisotopic (exact) mass is 433 g/mol. The fraction of sp³-hybridized carbons (Fsp3) is 0.667. The zero-order chi connectivity index (χ0) is 22.7. The van der Waals surface area contributed by atoms with E-state index in [-0.39, 0.29) is 18.3 Å². The Balaban J connectivity index is 1.73. The summed E-state index contributed by atoms with van der Waals surface area (Å²) in [6.45, 7) is 11.5. The van der Waals surface area contributed by atoms with Crippen molar-refractivity contribution in [1.82, 2.24) is 14.5 Å². The number of aryl methyl sites for hydroxylation is 1. The van der Waals surface area contributed by atoms with Crippen molar-refractivity contribution in [2.45, 2.75) is 77.5 Å². The zero-order valence-corrected chi connectivity index (χ0v) is 19.1. The number of nitrogens with two attached hydrogens (primary N) is 1. The van der Waals surface area contributed by atoms with Crippen molar-refractivity contribution in [3.05, 3.63) is 18.1 Å². The molecule has 0 radical (unpaired) electrons. The number of carbonyl (C=O) groups is 1. The lowest BCUT2D eigenvalue weighted by atomic mass is 10.1. The first-order valence-electron chi connectivity index (χ1n) is 10.4. The van der Waals surface area contributed by atoms with E-state index in [1.165, 1.54) is 11.2 Å². The molecule has 31 heavy (non-hydrogen) atoms. The van der Waals surface area contributed by atoms with Crippen LogP contribution in [-0.4, -0.2) is 63.9 Å². The molecule has 2 saturated heterocycles. The first-order valence-corrected chi connectivity index (χ1v) is 10.4. The number of ether oxygens (including phenoxy) is 4. The van der Waals surface area contributed by atoms with Gasteiger partial charge in [-0.15, -0.1) is 0 Å². The zero-order valence-electron chi connectivity index (χ0n) is 19.1. The van der Waals surface area contributed by atoms with Gasteiger partial charge in [0.2, 0.25) is 0 Å². The van der Waals surface area contributed by atoms with Crippen molar-refractivity contribution in [3.63, 3.8) is 0 Å². The average Bonchev–Trinajstić information content (AvgIpc) is 3.27. The molecule has 10 nitrogen and oxygen atoms in total. The van der Waals surface area contributed by atoms with Gasteiger partial charge < -0.3 is 29.2 Å². The highest BCUT2D eigenvalue weighted by Gasteiger charge is 2.55. The molecule has 2 aliphatic rings. The van der Waals surface area contributed by atoms with Crippen LogP contribution in [0.25, 0.3) is 11.0 Å². The third kappa shape index (κ3) is 3.89. The third-order valence-electron chi connectivity index (χ3n) is 5.40. The normalized spacial score (nSPS) is 27.5. The molecule has 2 aliphatic heterocycles. The molecule has 1 amide bonds. The SMILES string of the molecule is Cc1cn([C@@H]2O[C@H](CN)[C@H]3OC(C)(C)O[C@H]32)c2ncnc(N(C)C(=O)OC(C)(C)C)c12. The summed E-state index contributed by atoms with van der Waals surface area (Å²) < 4.78 is 25.8. The van der Waals surface area contributed by atoms with Gasteiger partial charge in [0.25, 0.3) is 0 Å². The Morgan fingerprint density at radius 1 is 1.29 bits per heavy atom. The molecule has 4 heterocycles. The summed E-state index contributed by atoms with van der Waals surface area (Å²) in [6.07, 6.45) is 1.51. The van der Waals surface area contributed by atoms with Crippen LogP contribution < -0.4 is 10.6 Å². The molecule has 0 bridgehead atoms. The van der Waals surface area contributed by atoms with Crippen LogP contribution in [0.4, 0.5) is 10.6 Å². The maximum atomic E-state index is 12.6. The minimum Gasteiger partial charge on any atom is -0.443 e. The number of amides is 1. The Kier molecular flexibility index (Phi) is 5.24. The van der Waals surface area contributed by atoms with Crippen molar-refractivity contribution in [3.8, 4) is 0 Å². The highest BCUT2D eigenvalue weighted by molar-refractivity contribution is 5.99. The molecular weight excluding hydrogens is 402 g/mol. The van der Waals surface area contributed by atoms with Crippen molar-refractivity contribution in [2.75, 3.05) is 18.5 Å². The van der Waals surface area contributed by atoms with E-state index < -0.39 is 23.7 Å². The van der Waals surface area contributed by atoms with Gasteiger partial charge in [-0.2, -0.15) is 0 Å². The Labute approximate surface area is 181 Å². The summed E-state index contributed by atoms with van der Waals surface area (Å²) in [5.74, 6) is -0.260. The molecule has 10 heteroatoms. The fourth-order valence-corrected chi connectivity index (χ4v) is 4.19. The molecule has 2 N–H and O–H groups in total. The molecule has 2 fully saturated rings. The minimum atomic E-state index is -0.722.